The number of rotatable bonds is 13. The Morgan fingerprint density at radius 2 is 1.46 bits per heavy atom. The molecule has 4 aromatic carbocycles. The van der Waals surface area contributed by atoms with Crippen LogP contribution in [0.25, 0.3) is 0 Å². The number of hydrogen-bond acceptors (Lipinski definition) is 6. The molecule has 5 rings (SSSR count). The zero-order valence-corrected chi connectivity index (χ0v) is 27.5. The van der Waals surface area contributed by atoms with Gasteiger partial charge in [0.2, 0.25) is 11.8 Å². The van der Waals surface area contributed by atoms with Gasteiger partial charge in [-0.15, -0.1) is 0 Å². The Hall–Kier alpha value is -4.97. The number of sulfonamides is 1. The number of amides is 2. The van der Waals surface area contributed by atoms with Gasteiger partial charge in [0.05, 0.1) is 10.6 Å². The van der Waals surface area contributed by atoms with Gasteiger partial charge in [-0.05, 0) is 73.0 Å². The highest BCUT2D eigenvalue weighted by molar-refractivity contribution is 7.92. The number of benzene rings is 4. The van der Waals surface area contributed by atoms with Gasteiger partial charge in [0, 0.05) is 25.1 Å². The molecule has 0 saturated heterocycles. The topological polar surface area (TPSA) is 105 Å². The minimum atomic E-state index is -4.46. The third-order valence-electron chi connectivity index (χ3n) is 8.03. The molecule has 252 valence electrons. The van der Waals surface area contributed by atoms with Crippen LogP contribution in [-0.4, -0.2) is 57.0 Å². The lowest BCUT2D eigenvalue weighted by molar-refractivity contribution is -0.140. The Bertz CT molecular complexity index is 1820. The van der Waals surface area contributed by atoms with E-state index in [1.165, 1.54) is 59.5 Å². The highest BCUT2D eigenvalue weighted by Gasteiger charge is 2.35. The molecule has 2 unspecified atom stereocenters. The maximum absolute atomic E-state index is 14.5. The molecule has 0 bridgehead atoms. The van der Waals surface area contributed by atoms with Gasteiger partial charge in [0.25, 0.3) is 10.0 Å². The lowest BCUT2D eigenvalue weighted by Gasteiger charge is -2.34. The van der Waals surface area contributed by atoms with E-state index < -0.39 is 46.1 Å². The molecule has 1 aliphatic heterocycles. The lowest BCUT2D eigenvalue weighted by Crippen LogP contribution is -2.54. The van der Waals surface area contributed by atoms with E-state index in [1.807, 2.05) is 44.2 Å². The fraction of sp³-hybridized carbons (Fsp3) is 0.278. The van der Waals surface area contributed by atoms with E-state index in [-0.39, 0.29) is 41.9 Å². The monoisotopic (exact) mass is 677 g/mol. The number of fused-ring (bicyclic) bond motifs is 1. The van der Waals surface area contributed by atoms with Crippen molar-refractivity contribution in [3.63, 3.8) is 0 Å². The molecule has 0 fully saturated rings. The summed E-state index contributed by atoms with van der Waals surface area (Å²) in [5, 5.41) is 2.96. The first kappa shape index (κ1) is 34.4. The first-order valence-corrected chi connectivity index (χ1v) is 17.1. The average Bonchev–Trinajstić information content (AvgIpc) is 3.10. The average molecular weight is 678 g/mol. The number of nitrogens with one attached hydrogen (secondary N) is 1. The molecular formula is C36H37F2N3O6S. The van der Waals surface area contributed by atoms with Crippen molar-refractivity contribution < 1.29 is 36.3 Å². The van der Waals surface area contributed by atoms with Crippen molar-refractivity contribution in [3.05, 3.63) is 120 Å². The largest absolute Gasteiger partial charge is 0.486 e. The number of nitrogens with zero attached hydrogens (tertiary/aromatic N) is 2. The molecule has 12 heteroatoms. The van der Waals surface area contributed by atoms with Gasteiger partial charge in [0.1, 0.15) is 37.4 Å². The predicted octanol–water partition coefficient (Wildman–Crippen LogP) is 5.49. The summed E-state index contributed by atoms with van der Waals surface area (Å²) < 4.78 is 68.5. The summed E-state index contributed by atoms with van der Waals surface area (Å²) in [7, 11) is -4.46. The highest BCUT2D eigenvalue weighted by Crippen LogP contribution is 2.34. The van der Waals surface area contributed by atoms with E-state index >= 15 is 0 Å². The van der Waals surface area contributed by atoms with Gasteiger partial charge < -0.3 is 19.7 Å². The minimum absolute atomic E-state index is 0.0324. The van der Waals surface area contributed by atoms with E-state index in [0.29, 0.717) is 24.3 Å². The van der Waals surface area contributed by atoms with E-state index in [0.717, 1.165) is 22.0 Å². The smallest absolute Gasteiger partial charge is 0.264 e. The Morgan fingerprint density at radius 3 is 2.10 bits per heavy atom. The minimum Gasteiger partial charge on any atom is -0.486 e. The van der Waals surface area contributed by atoms with Gasteiger partial charge in [-0.3, -0.25) is 13.9 Å². The summed E-state index contributed by atoms with van der Waals surface area (Å²) in [5.74, 6) is -1.58. The number of anilines is 1. The molecule has 0 radical (unpaired) electrons. The third-order valence-corrected chi connectivity index (χ3v) is 9.80. The second-order valence-electron chi connectivity index (χ2n) is 11.5. The molecule has 48 heavy (non-hydrogen) atoms. The molecule has 1 heterocycles. The molecule has 4 aromatic rings. The van der Waals surface area contributed by atoms with Gasteiger partial charge in [-0.1, -0.05) is 49.4 Å². The predicted molar refractivity (Wildman–Crippen MR) is 177 cm³/mol. The lowest BCUT2D eigenvalue weighted by atomic mass is 10.0. The van der Waals surface area contributed by atoms with E-state index in [9.17, 15) is 26.8 Å². The van der Waals surface area contributed by atoms with Gasteiger partial charge in [0.15, 0.2) is 11.5 Å². The van der Waals surface area contributed by atoms with Crippen LogP contribution in [0.3, 0.4) is 0 Å². The van der Waals surface area contributed by atoms with Gasteiger partial charge in [-0.2, -0.15) is 0 Å². The van der Waals surface area contributed by atoms with E-state index in [4.69, 9.17) is 9.47 Å². The zero-order valence-electron chi connectivity index (χ0n) is 26.6. The second-order valence-corrected chi connectivity index (χ2v) is 13.3. The van der Waals surface area contributed by atoms with Crippen molar-refractivity contribution in [2.75, 3.05) is 24.1 Å². The first-order valence-electron chi connectivity index (χ1n) is 15.6. The molecular weight excluding hydrogens is 640 g/mol. The van der Waals surface area contributed by atoms with Crippen LogP contribution in [0.1, 0.15) is 31.4 Å². The number of ether oxygens (including phenoxy) is 2. The number of carbonyl (C=O) groups is 2. The summed E-state index contributed by atoms with van der Waals surface area (Å²) in [6, 6.07) is 22.3. The normalized spacial score (nSPS) is 13.7. The number of halogens is 2. The van der Waals surface area contributed by atoms with Crippen LogP contribution in [0.4, 0.5) is 14.5 Å². The van der Waals surface area contributed by atoms with Crippen molar-refractivity contribution in [1.82, 2.24) is 10.2 Å². The van der Waals surface area contributed by atoms with Crippen LogP contribution in [-0.2, 0) is 32.6 Å². The van der Waals surface area contributed by atoms with Crippen molar-refractivity contribution in [2.24, 2.45) is 0 Å². The quantitative estimate of drug-likeness (QED) is 0.201. The van der Waals surface area contributed by atoms with Crippen molar-refractivity contribution >= 4 is 27.5 Å². The van der Waals surface area contributed by atoms with Crippen LogP contribution in [0.2, 0.25) is 0 Å². The standard InChI is InChI=1S/C36H37F2N3O6S/c1-3-25(2)39-36(43)32(21-26-7-5-4-6-8-26)40(23-27-9-11-28(37)12-10-27)35(42)24-41(30-15-13-29(38)14-16-30)48(44,45)31-17-18-33-34(22-31)47-20-19-46-33/h4-18,22,25,32H,3,19-21,23-24H2,1-2H3,(H,39,43). The van der Waals surface area contributed by atoms with Crippen LogP contribution in [0.5, 0.6) is 11.5 Å². The van der Waals surface area contributed by atoms with Crippen LogP contribution in [0, 0.1) is 11.6 Å². The molecule has 1 aliphatic rings. The summed E-state index contributed by atoms with van der Waals surface area (Å²) in [6.07, 6.45) is 0.767. The fourth-order valence-corrected chi connectivity index (χ4v) is 6.66. The third kappa shape index (κ3) is 8.29. The van der Waals surface area contributed by atoms with Gasteiger partial charge in [-0.25, -0.2) is 17.2 Å². The Kier molecular flexibility index (Phi) is 10.9. The molecule has 2 atom stereocenters. The van der Waals surface area contributed by atoms with Crippen LogP contribution in [0.15, 0.2) is 102 Å². The van der Waals surface area contributed by atoms with Gasteiger partial charge >= 0.3 is 0 Å². The van der Waals surface area contributed by atoms with Crippen LogP contribution < -0.4 is 19.1 Å². The first-order chi connectivity index (χ1) is 23.0. The van der Waals surface area contributed by atoms with Crippen LogP contribution >= 0.6 is 0 Å². The number of hydrogen-bond donors (Lipinski definition) is 1. The molecule has 2 amide bonds. The summed E-state index contributed by atoms with van der Waals surface area (Å²) in [6.45, 7) is 3.46. The Labute approximate surface area is 279 Å². The molecule has 9 nitrogen and oxygen atoms in total. The fourth-order valence-electron chi connectivity index (χ4n) is 5.23. The second kappa shape index (κ2) is 15.3. The zero-order chi connectivity index (χ0) is 34.3. The maximum Gasteiger partial charge on any atom is 0.264 e. The maximum atomic E-state index is 14.5. The Morgan fingerprint density at radius 1 is 0.833 bits per heavy atom. The van der Waals surface area contributed by atoms with E-state index in [2.05, 4.69) is 5.32 Å². The van der Waals surface area contributed by atoms with Crippen molar-refractivity contribution in [3.8, 4) is 11.5 Å². The number of carbonyl (C=O) groups excluding carboxylic acids is 2. The molecule has 0 saturated carbocycles. The summed E-state index contributed by atoms with van der Waals surface area (Å²) in [5.41, 5.74) is 1.34. The summed E-state index contributed by atoms with van der Waals surface area (Å²) >= 11 is 0. The Balaban J connectivity index is 1.57. The molecule has 0 spiro atoms. The SMILES string of the molecule is CCC(C)NC(=O)C(Cc1ccccc1)N(Cc1ccc(F)cc1)C(=O)CN(c1ccc(F)cc1)S(=O)(=O)c1ccc2c(c1)OCCO2. The molecule has 1 N–H and O–H groups in total. The summed E-state index contributed by atoms with van der Waals surface area (Å²) in [4.78, 5) is 29.5. The van der Waals surface area contributed by atoms with Crippen molar-refractivity contribution in [2.45, 2.75) is 50.2 Å². The van der Waals surface area contributed by atoms with E-state index in [1.54, 1.807) is 0 Å². The molecule has 0 aliphatic carbocycles. The highest BCUT2D eigenvalue weighted by atomic mass is 32.2. The van der Waals surface area contributed by atoms with Crippen molar-refractivity contribution in [1.29, 1.82) is 0 Å². The molecule has 0 aromatic heterocycles.